The molecule has 0 spiro atoms. The predicted octanol–water partition coefficient (Wildman–Crippen LogP) is 9.09. The van der Waals surface area contributed by atoms with Gasteiger partial charge in [0.1, 0.15) is 11.3 Å². The van der Waals surface area contributed by atoms with Crippen LogP contribution in [0.2, 0.25) is 0 Å². The highest BCUT2D eigenvalue weighted by molar-refractivity contribution is 5.94. The molecule has 3 heteroatoms. The van der Waals surface area contributed by atoms with Gasteiger partial charge in [-0.05, 0) is 58.7 Å². The van der Waals surface area contributed by atoms with E-state index in [-0.39, 0.29) is 0 Å². The Kier molecular flexibility index (Phi) is 5.80. The first-order valence-electron chi connectivity index (χ1n) is 13.1. The van der Waals surface area contributed by atoms with E-state index in [1.54, 1.807) is 0 Å². The molecule has 0 atom stereocenters. The molecule has 3 nitrogen and oxygen atoms in total. The predicted molar refractivity (Wildman–Crippen MR) is 161 cm³/mol. The summed E-state index contributed by atoms with van der Waals surface area (Å²) in [5.74, 6) is 0.886. The van der Waals surface area contributed by atoms with Gasteiger partial charge in [0, 0.05) is 23.0 Å². The highest BCUT2D eigenvalue weighted by Gasteiger charge is 2.19. The number of pyridine rings is 1. The van der Waals surface area contributed by atoms with E-state index >= 15 is 0 Å². The fourth-order valence-corrected chi connectivity index (χ4v) is 5.20. The van der Waals surface area contributed by atoms with Crippen LogP contribution in [0.1, 0.15) is 0 Å². The summed E-state index contributed by atoms with van der Waals surface area (Å²) in [6.07, 6.45) is 1.88. The molecular weight excluding hydrogens is 474 g/mol. The van der Waals surface area contributed by atoms with Gasteiger partial charge in [0.25, 0.3) is 0 Å². The molecular formula is C36H25N3. The first kappa shape index (κ1) is 22.9. The van der Waals surface area contributed by atoms with Crippen molar-refractivity contribution in [2.45, 2.75) is 0 Å². The number of fused-ring (bicyclic) bond motifs is 1. The van der Waals surface area contributed by atoms with Crippen LogP contribution in [-0.2, 0) is 0 Å². The Morgan fingerprint density at radius 2 is 0.923 bits per heavy atom. The summed E-state index contributed by atoms with van der Waals surface area (Å²) in [6, 6.07) is 50.6. The minimum absolute atomic E-state index is 0.881. The maximum absolute atomic E-state index is 5.31. The van der Waals surface area contributed by atoms with Crippen LogP contribution in [0.3, 0.4) is 0 Å². The van der Waals surface area contributed by atoms with E-state index < -0.39 is 0 Å². The van der Waals surface area contributed by atoms with E-state index in [9.17, 15) is 0 Å². The molecule has 0 aliphatic carbocycles. The van der Waals surface area contributed by atoms with Crippen molar-refractivity contribution in [2.75, 3.05) is 0 Å². The average molecular weight is 500 g/mol. The van der Waals surface area contributed by atoms with Gasteiger partial charge in [-0.2, -0.15) is 0 Å². The molecule has 0 radical (unpaired) electrons. The summed E-state index contributed by atoms with van der Waals surface area (Å²) >= 11 is 0. The molecule has 39 heavy (non-hydrogen) atoms. The minimum Gasteiger partial charge on any atom is -0.292 e. The van der Waals surface area contributed by atoms with Gasteiger partial charge in [-0.25, -0.2) is 4.98 Å². The van der Waals surface area contributed by atoms with Gasteiger partial charge in [-0.15, -0.1) is 0 Å². The molecule has 0 fully saturated rings. The Bertz CT molecular complexity index is 1820. The zero-order chi connectivity index (χ0) is 26.0. The van der Waals surface area contributed by atoms with Gasteiger partial charge in [-0.3, -0.25) is 9.55 Å². The molecule has 5 aromatic carbocycles. The third-order valence-corrected chi connectivity index (χ3v) is 7.04. The highest BCUT2D eigenvalue weighted by atomic mass is 15.1. The summed E-state index contributed by atoms with van der Waals surface area (Å²) in [5.41, 5.74) is 10.6. The number of imidazole rings is 1. The number of para-hydroxylation sites is 1. The zero-order valence-corrected chi connectivity index (χ0v) is 21.3. The molecule has 184 valence electrons. The van der Waals surface area contributed by atoms with Crippen molar-refractivity contribution >= 4 is 11.0 Å². The van der Waals surface area contributed by atoms with Gasteiger partial charge in [-0.1, -0.05) is 109 Å². The van der Waals surface area contributed by atoms with Crippen LogP contribution in [0.25, 0.3) is 61.6 Å². The van der Waals surface area contributed by atoms with Crippen LogP contribution in [0.5, 0.6) is 0 Å². The number of hydrogen-bond donors (Lipinski definition) is 0. The molecule has 0 N–H and O–H groups in total. The molecule has 7 rings (SSSR count). The van der Waals surface area contributed by atoms with Gasteiger partial charge < -0.3 is 0 Å². The average Bonchev–Trinajstić information content (AvgIpc) is 3.43. The monoisotopic (exact) mass is 499 g/mol. The van der Waals surface area contributed by atoms with Crippen molar-refractivity contribution in [3.05, 3.63) is 152 Å². The standard InChI is InChI=1S/C36H25N3/c1-5-13-26(14-6-1)29-23-30(27-15-7-2-8-16-27)25-31(24-29)36-38-35-33(39(36)32-19-11-4-12-20-32)21-22-37-34(35)28-17-9-3-10-18-28/h1-25H. The fraction of sp³-hybridized carbons (Fsp3) is 0. The molecule has 0 bridgehead atoms. The summed E-state index contributed by atoms with van der Waals surface area (Å²) in [4.78, 5) is 10.1. The second-order valence-corrected chi connectivity index (χ2v) is 9.53. The number of rotatable bonds is 5. The Morgan fingerprint density at radius 1 is 0.436 bits per heavy atom. The first-order chi connectivity index (χ1) is 19.3. The largest absolute Gasteiger partial charge is 0.292 e. The van der Waals surface area contributed by atoms with Crippen molar-refractivity contribution in [1.29, 1.82) is 0 Å². The van der Waals surface area contributed by atoms with Crippen LogP contribution in [0, 0.1) is 0 Å². The molecule has 2 aromatic heterocycles. The van der Waals surface area contributed by atoms with Crippen LogP contribution >= 0.6 is 0 Å². The molecule has 0 unspecified atom stereocenters. The lowest BCUT2D eigenvalue weighted by molar-refractivity contribution is 1.10. The lowest BCUT2D eigenvalue weighted by atomic mass is 9.96. The zero-order valence-electron chi connectivity index (χ0n) is 21.3. The number of benzene rings is 5. The van der Waals surface area contributed by atoms with E-state index in [1.165, 1.54) is 11.1 Å². The number of aromatic nitrogens is 3. The smallest absolute Gasteiger partial charge is 0.145 e. The third kappa shape index (κ3) is 4.30. The quantitative estimate of drug-likeness (QED) is 0.236. The molecule has 0 aliphatic rings. The minimum atomic E-state index is 0.881. The van der Waals surface area contributed by atoms with E-state index in [0.717, 1.165) is 50.5 Å². The summed E-state index contributed by atoms with van der Waals surface area (Å²) in [5, 5.41) is 0. The van der Waals surface area contributed by atoms with Crippen LogP contribution < -0.4 is 0 Å². The van der Waals surface area contributed by atoms with Crippen molar-refractivity contribution in [3.8, 4) is 50.6 Å². The van der Waals surface area contributed by atoms with Gasteiger partial charge in [0.2, 0.25) is 0 Å². The SMILES string of the molecule is c1ccc(-c2cc(-c3ccccc3)cc(-c3nc4c(-c5ccccc5)nccc4n3-c3ccccc3)c2)cc1. The summed E-state index contributed by atoms with van der Waals surface area (Å²) < 4.78 is 2.25. The van der Waals surface area contributed by atoms with Crippen LogP contribution in [0.4, 0.5) is 0 Å². The topological polar surface area (TPSA) is 30.7 Å². The van der Waals surface area contributed by atoms with E-state index in [2.05, 4.69) is 126 Å². The molecule has 0 amide bonds. The molecule has 0 aliphatic heterocycles. The van der Waals surface area contributed by atoms with Crippen molar-refractivity contribution in [2.24, 2.45) is 0 Å². The summed E-state index contributed by atoms with van der Waals surface area (Å²) in [6.45, 7) is 0. The van der Waals surface area contributed by atoms with Gasteiger partial charge in [0.05, 0.1) is 11.2 Å². The lowest BCUT2D eigenvalue weighted by Gasteiger charge is -2.13. The van der Waals surface area contributed by atoms with E-state index in [0.29, 0.717) is 0 Å². The van der Waals surface area contributed by atoms with Crippen molar-refractivity contribution in [3.63, 3.8) is 0 Å². The van der Waals surface area contributed by atoms with E-state index in [1.807, 2.05) is 30.5 Å². The maximum Gasteiger partial charge on any atom is 0.145 e. The lowest BCUT2D eigenvalue weighted by Crippen LogP contribution is -1.98. The third-order valence-electron chi connectivity index (χ3n) is 7.04. The van der Waals surface area contributed by atoms with Crippen LogP contribution in [0.15, 0.2) is 152 Å². The first-order valence-corrected chi connectivity index (χ1v) is 13.1. The van der Waals surface area contributed by atoms with Crippen LogP contribution in [-0.4, -0.2) is 14.5 Å². The van der Waals surface area contributed by atoms with Crippen molar-refractivity contribution in [1.82, 2.24) is 14.5 Å². The molecule has 2 heterocycles. The van der Waals surface area contributed by atoms with E-state index in [4.69, 9.17) is 9.97 Å². The molecule has 0 saturated heterocycles. The normalized spacial score (nSPS) is 11.1. The highest BCUT2D eigenvalue weighted by Crippen LogP contribution is 2.37. The Hall–Kier alpha value is -5.28. The number of nitrogens with zero attached hydrogens (tertiary/aromatic N) is 3. The molecule has 0 saturated carbocycles. The second-order valence-electron chi connectivity index (χ2n) is 9.53. The fourth-order valence-electron chi connectivity index (χ4n) is 5.20. The summed E-state index contributed by atoms with van der Waals surface area (Å²) in [7, 11) is 0. The maximum atomic E-state index is 5.31. The Morgan fingerprint density at radius 3 is 1.49 bits per heavy atom. The van der Waals surface area contributed by atoms with Gasteiger partial charge in [0.15, 0.2) is 0 Å². The number of hydrogen-bond acceptors (Lipinski definition) is 2. The van der Waals surface area contributed by atoms with Crippen molar-refractivity contribution < 1.29 is 0 Å². The van der Waals surface area contributed by atoms with Gasteiger partial charge >= 0.3 is 0 Å². The second kappa shape index (κ2) is 9.88. The Labute approximate surface area is 227 Å². The molecule has 7 aromatic rings. The Balaban J connectivity index is 1.54.